The number of rotatable bonds is 4. The molecule has 0 radical (unpaired) electrons. The van der Waals surface area contributed by atoms with Crippen LogP contribution in [0.3, 0.4) is 0 Å². The van der Waals surface area contributed by atoms with Crippen molar-refractivity contribution < 1.29 is 0 Å². The van der Waals surface area contributed by atoms with Crippen molar-refractivity contribution in [2.75, 3.05) is 10.6 Å². The quantitative estimate of drug-likeness (QED) is 0.874. The average molecular weight is 248 g/mol. The second-order valence-corrected chi connectivity index (χ2v) is 5.53. The molecule has 0 bridgehead atoms. The van der Waals surface area contributed by atoms with E-state index in [9.17, 15) is 0 Å². The van der Waals surface area contributed by atoms with Gasteiger partial charge in [-0.25, -0.2) is 4.98 Å². The third-order valence-electron chi connectivity index (χ3n) is 3.00. The first-order valence-corrected chi connectivity index (χ1v) is 6.73. The molecule has 2 heterocycles. The lowest BCUT2D eigenvalue weighted by Crippen LogP contribution is -2.25. The lowest BCUT2D eigenvalue weighted by molar-refractivity contribution is 0.790. The van der Waals surface area contributed by atoms with E-state index in [0.717, 1.165) is 18.2 Å². The predicted molar refractivity (Wildman–Crippen MR) is 71.3 cm³/mol. The summed E-state index contributed by atoms with van der Waals surface area (Å²) in [6.07, 6.45) is 2.49. The molecule has 3 rings (SSSR count). The van der Waals surface area contributed by atoms with Crippen LogP contribution in [0.4, 0.5) is 11.6 Å². The molecule has 1 fully saturated rings. The van der Waals surface area contributed by atoms with Gasteiger partial charge >= 0.3 is 0 Å². The third-order valence-corrected chi connectivity index (χ3v) is 3.86. The molecule has 2 aromatic rings. The monoisotopic (exact) mass is 248 g/mol. The van der Waals surface area contributed by atoms with Crippen molar-refractivity contribution in [1.29, 1.82) is 0 Å². The van der Waals surface area contributed by atoms with Crippen molar-refractivity contribution in [1.82, 2.24) is 9.97 Å². The molecule has 5 heteroatoms. The van der Waals surface area contributed by atoms with Gasteiger partial charge in [-0.3, -0.25) is 0 Å². The zero-order valence-electron chi connectivity index (χ0n) is 9.81. The van der Waals surface area contributed by atoms with E-state index in [1.807, 2.05) is 6.92 Å². The SMILES string of the molecule is Cc1nc(N(Cc2cccs2)C2CC2)c(N)[nH]1. The first-order valence-electron chi connectivity index (χ1n) is 5.85. The number of imidazole rings is 1. The number of nitrogens with one attached hydrogen (secondary N) is 1. The van der Waals surface area contributed by atoms with Crippen LogP contribution in [0.25, 0.3) is 0 Å². The van der Waals surface area contributed by atoms with E-state index in [1.165, 1.54) is 17.7 Å². The fourth-order valence-corrected chi connectivity index (χ4v) is 2.75. The van der Waals surface area contributed by atoms with Gasteiger partial charge in [0.05, 0.1) is 6.54 Å². The van der Waals surface area contributed by atoms with Crippen molar-refractivity contribution in [2.45, 2.75) is 32.4 Å². The minimum Gasteiger partial charge on any atom is -0.382 e. The zero-order chi connectivity index (χ0) is 11.8. The molecule has 0 spiro atoms. The van der Waals surface area contributed by atoms with Gasteiger partial charge in [0.1, 0.15) is 11.6 Å². The largest absolute Gasteiger partial charge is 0.382 e. The molecule has 1 aliphatic rings. The Balaban J connectivity index is 1.87. The first kappa shape index (κ1) is 10.7. The number of thiophene rings is 1. The van der Waals surface area contributed by atoms with E-state index >= 15 is 0 Å². The van der Waals surface area contributed by atoms with Gasteiger partial charge in [0, 0.05) is 10.9 Å². The Morgan fingerprint density at radius 2 is 2.41 bits per heavy atom. The van der Waals surface area contributed by atoms with E-state index in [-0.39, 0.29) is 0 Å². The predicted octanol–water partition coefficient (Wildman–Crippen LogP) is 2.53. The maximum Gasteiger partial charge on any atom is 0.171 e. The molecule has 17 heavy (non-hydrogen) atoms. The summed E-state index contributed by atoms with van der Waals surface area (Å²) < 4.78 is 0. The number of nitrogens with zero attached hydrogens (tertiary/aromatic N) is 2. The Morgan fingerprint density at radius 1 is 1.59 bits per heavy atom. The highest BCUT2D eigenvalue weighted by molar-refractivity contribution is 7.09. The van der Waals surface area contributed by atoms with Gasteiger partial charge in [-0.2, -0.15) is 0 Å². The number of nitrogen functional groups attached to an aromatic ring is 1. The Hall–Kier alpha value is -1.49. The van der Waals surface area contributed by atoms with Crippen LogP contribution in [-0.4, -0.2) is 16.0 Å². The van der Waals surface area contributed by atoms with Crippen LogP contribution in [0.5, 0.6) is 0 Å². The summed E-state index contributed by atoms with van der Waals surface area (Å²) in [5.74, 6) is 2.48. The van der Waals surface area contributed by atoms with Gasteiger partial charge in [0.2, 0.25) is 0 Å². The topological polar surface area (TPSA) is 57.9 Å². The maximum atomic E-state index is 5.98. The van der Waals surface area contributed by atoms with Crippen LogP contribution in [0.15, 0.2) is 17.5 Å². The zero-order valence-corrected chi connectivity index (χ0v) is 10.6. The molecule has 1 saturated carbocycles. The number of H-pyrrole nitrogens is 1. The number of aromatic nitrogens is 2. The van der Waals surface area contributed by atoms with Crippen molar-refractivity contribution >= 4 is 23.0 Å². The number of aromatic amines is 1. The van der Waals surface area contributed by atoms with Crippen LogP contribution >= 0.6 is 11.3 Å². The van der Waals surface area contributed by atoms with Gasteiger partial charge in [0.15, 0.2) is 5.82 Å². The molecular formula is C12H16N4S. The van der Waals surface area contributed by atoms with Gasteiger partial charge < -0.3 is 15.6 Å². The lowest BCUT2D eigenvalue weighted by Gasteiger charge is -2.21. The molecule has 0 aromatic carbocycles. The average Bonchev–Trinajstić information content (AvgIpc) is 2.90. The maximum absolute atomic E-state index is 5.98. The van der Waals surface area contributed by atoms with E-state index in [1.54, 1.807) is 11.3 Å². The van der Waals surface area contributed by atoms with Crippen molar-refractivity contribution in [3.05, 3.63) is 28.2 Å². The molecule has 0 saturated heterocycles. The normalized spacial score (nSPS) is 15.1. The molecular weight excluding hydrogens is 232 g/mol. The molecule has 0 aliphatic heterocycles. The smallest absolute Gasteiger partial charge is 0.171 e. The number of aryl methyl sites for hydroxylation is 1. The van der Waals surface area contributed by atoms with E-state index in [4.69, 9.17) is 5.73 Å². The Bertz CT molecular complexity index is 499. The fraction of sp³-hybridized carbons (Fsp3) is 0.417. The summed E-state index contributed by atoms with van der Waals surface area (Å²) in [5.41, 5.74) is 5.98. The summed E-state index contributed by atoms with van der Waals surface area (Å²) in [7, 11) is 0. The van der Waals surface area contributed by atoms with Crippen molar-refractivity contribution in [3.63, 3.8) is 0 Å². The summed E-state index contributed by atoms with van der Waals surface area (Å²) in [6.45, 7) is 2.85. The van der Waals surface area contributed by atoms with E-state index in [0.29, 0.717) is 11.9 Å². The fourth-order valence-electron chi connectivity index (χ4n) is 2.05. The van der Waals surface area contributed by atoms with Crippen molar-refractivity contribution in [3.8, 4) is 0 Å². The van der Waals surface area contributed by atoms with E-state index < -0.39 is 0 Å². The molecule has 1 aliphatic carbocycles. The molecule has 90 valence electrons. The van der Waals surface area contributed by atoms with Crippen LogP contribution in [0.1, 0.15) is 23.5 Å². The number of anilines is 2. The lowest BCUT2D eigenvalue weighted by atomic mass is 10.4. The summed E-state index contributed by atoms with van der Waals surface area (Å²) in [5, 5.41) is 2.11. The van der Waals surface area contributed by atoms with E-state index in [2.05, 4.69) is 32.4 Å². The summed E-state index contributed by atoms with van der Waals surface area (Å²) >= 11 is 1.78. The van der Waals surface area contributed by atoms with Gasteiger partial charge in [-0.15, -0.1) is 11.3 Å². The second-order valence-electron chi connectivity index (χ2n) is 4.50. The number of hydrogen-bond acceptors (Lipinski definition) is 4. The van der Waals surface area contributed by atoms with Gasteiger partial charge in [-0.05, 0) is 31.2 Å². The van der Waals surface area contributed by atoms with Gasteiger partial charge in [0.25, 0.3) is 0 Å². The summed E-state index contributed by atoms with van der Waals surface area (Å²) in [4.78, 5) is 11.3. The summed E-state index contributed by atoms with van der Waals surface area (Å²) in [6, 6.07) is 4.86. The Morgan fingerprint density at radius 3 is 2.94 bits per heavy atom. The van der Waals surface area contributed by atoms with Crippen LogP contribution in [0.2, 0.25) is 0 Å². The highest BCUT2D eigenvalue weighted by Gasteiger charge is 2.32. The molecule has 4 nitrogen and oxygen atoms in total. The molecule has 0 atom stereocenters. The van der Waals surface area contributed by atoms with Crippen LogP contribution in [0, 0.1) is 6.92 Å². The van der Waals surface area contributed by atoms with Crippen LogP contribution in [-0.2, 0) is 6.54 Å². The highest BCUT2D eigenvalue weighted by Crippen LogP contribution is 2.35. The molecule has 0 unspecified atom stereocenters. The Labute approximate surface area is 104 Å². The molecule has 3 N–H and O–H groups in total. The van der Waals surface area contributed by atoms with Crippen LogP contribution < -0.4 is 10.6 Å². The number of hydrogen-bond donors (Lipinski definition) is 2. The van der Waals surface area contributed by atoms with Gasteiger partial charge in [-0.1, -0.05) is 6.07 Å². The second kappa shape index (κ2) is 4.07. The number of nitrogens with two attached hydrogens (primary N) is 1. The van der Waals surface area contributed by atoms with Crippen molar-refractivity contribution in [2.24, 2.45) is 0 Å². The third kappa shape index (κ3) is 2.15. The minimum atomic E-state index is 0.613. The molecule has 2 aromatic heterocycles. The minimum absolute atomic E-state index is 0.613. The highest BCUT2D eigenvalue weighted by atomic mass is 32.1. The molecule has 0 amide bonds. The standard InChI is InChI=1S/C12H16N4S/c1-8-14-11(13)12(15-8)16(9-4-5-9)7-10-3-2-6-17-10/h2-3,6,9H,4-5,7,13H2,1H3,(H,14,15). The first-order chi connectivity index (χ1) is 8.24. The Kier molecular flexibility index (Phi) is 2.55.